The Labute approximate surface area is 560 Å². The zero-order chi connectivity index (χ0) is 67.5. The number of phosphoric acid groups is 2. The summed E-state index contributed by atoms with van der Waals surface area (Å²) in [6, 6.07) is 0. The molecule has 3 N–H and O–H groups in total. The molecule has 0 rings (SSSR count). The van der Waals surface area contributed by atoms with Crippen molar-refractivity contribution in [2.24, 2.45) is 0 Å². The van der Waals surface area contributed by atoms with E-state index in [0.29, 0.717) is 25.7 Å². The highest BCUT2D eigenvalue weighted by atomic mass is 31.2. The zero-order valence-corrected chi connectivity index (χ0v) is 60.5. The van der Waals surface area contributed by atoms with Gasteiger partial charge in [-0.3, -0.25) is 37.3 Å². The van der Waals surface area contributed by atoms with E-state index in [2.05, 4.69) is 64.2 Å². The molecule has 0 radical (unpaired) electrons. The van der Waals surface area contributed by atoms with Gasteiger partial charge in [0.25, 0.3) is 0 Å². The molecule has 0 bridgehead atoms. The van der Waals surface area contributed by atoms with Gasteiger partial charge in [-0.15, -0.1) is 0 Å². The van der Waals surface area contributed by atoms with E-state index in [1.807, 2.05) is 0 Å². The molecule has 5 atom stereocenters. The first-order chi connectivity index (χ1) is 44.7. The van der Waals surface area contributed by atoms with Gasteiger partial charge in [0.1, 0.15) is 19.3 Å². The number of hydrogen-bond donors (Lipinski definition) is 3. The molecule has 540 valence electrons. The first-order valence-corrected chi connectivity index (χ1v) is 40.2. The van der Waals surface area contributed by atoms with Crippen LogP contribution in [-0.2, 0) is 65.4 Å². The molecule has 5 unspecified atom stereocenters. The van der Waals surface area contributed by atoms with Gasteiger partial charge in [0.15, 0.2) is 12.2 Å². The topological polar surface area (TPSA) is 237 Å². The Morgan fingerprint density at radius 3 is 0.870 bits per heavy atom. The van der Waals surface area contributed by atoms with E-state index in [1.165, 1.54) is 148 Å². The number of allylic oxidation sites excluding steroid dienone is 6. The Bertz CT molecular complexity index is 1900. The third-order valence-corrected chi connectivity index (χ3v) is 18.1. The predicted octanol–water partition coefficient (Wildman–Crippen LogP) is 20.8. The summed E-state index contributed by atoms with van der Waals surface area (Å²) in [5.74, 6) is -2.15. The second-order valence-electron chi connectivity index (χ2n) is 25.2. The number of hydrogen-bond acceptors (Lipinski definition) is 15. The average molecular weight is 1350 g/mol. The average Bonchev–Trinajstić information content (AvgIpc) is 2.24. The molecule has 19 heteroatoms. The van der Waals surface area contributed by atoms with Gasteiger partial charge >= 0.3 is 39.5 Å². The highest BCUT2D eigenvalue weighted by molar-refractivity contribution is 7.47. The van der Waals surface area contributed by atoms with Crippen molar-refractivity contribution in [1.29, 1.82) is 0 Å². The van der Waals surface area contributed by atoms with Crippen LogP contribution in [0.3, 0.4) is 0 Å². The molecule has 0 amide bonds. The molecule has 0 fully saturated rings. The van der Waals surface area contributed by atoms with E-state index in [-0.39, 0.29) is 25.7 Å². The minimum atomic E-state index is -4.96. The van der Waals surface area contributed by atoms with Gasteiger partial charge in [0.05, 0.1) is 26.4 Å². The fourth-order valence-electron chi connectivity index (χ4n) is 10.5. The van der Waals surface area contributed by atoms with Crippen LogP contribution in [0.1, 0.15) is 349 Å². The van der Waals surface area contributed by atoms with Crippen LogP contribution in [-0.4, -0.2) is 96.7 Å². The van der Waals surface area contributed by atoms with Crippen molar-refractivity contribution in [3.8, 4) is 0 Å². The Kier molecular flexibility index (Phi) is 64.9. The summed E-state index contributed by atoms with van der Waals surface area (Å²) >= 11 is 0. The molecule has 0 aromatic rings. The first-order valence-electron chi connectivity index (χ1n) is 37.2. The van der Waals surface area contributed by atoms with E-state index < -0.39 is 97.5 Å². The Morgan fingerprint density at radius 1 is 0.315 bits per heavy atom. The second-order valence-corrected chi connectivity index (χ2v) is 28.1. The molecule has 0 saturated carbocycles. The van der Waals surface area contributed by atoms with Crippen LogP contribution in [0.25, 0.3) is 0 Å². The summed E-state index contributed by atoms with van der Waals surface area (Å²) in [5.41, 5.74) is 0. The molecule has 0 saturated heterocycles. The fraction of sp³-hybridized carbons (Fsp3) is 0.863. The number of rotatable bonds is 71. The van der Waals surface area contributed by atoms with Crippen LogP contribution in [0.15, 0.2) is 36.5 Å². The predicted molar refractivity (Wildman–Crippen MR) is 372 cm³/mol. The van der Waals surface area contributed by atoms with Crippen molar-refractivity contribution >= 4 is 39.5 Å². The fourth-order valence-corrected chi connectivity index (χ4v) is 12.1. The Morgan fingerprint density at radius 2 is 0.565 bits per heavy atom. The maximum absolute atomic E-state index is 13.0. The van der Waals surface area contributed by atoms with Crippen molar-refractivity contribution in [2.75, 3.05) is 39.6 Å². The lowest BCUT2D eigenvalue weighted by Crippen LogP contribution is -2.30. The van der Waals surface area contributed by atoms with Gasteiger partial charge < -0.3 is 33.8 Å². The highest BCUT2D eigenvalue weighted by Gasteiger charge is 2.30. The summed E-state index contributed by atoms with van der Waals surface area (Å²) in [7, 11) is -9.92. The number of carbonyl (C=O) groups is 4. The molecule has 17 nitrogen and oxygen atoms in total. The van der Waals surface area contributed by atoms with Crippen LogP contribution < -0.4 is 0 Å². The van der Waals surface area contributed by atoms with Crippen molar-refractivity contribution in [1.82, 2.24) is 0 Å². The molecule has 0 aliphatic rings. The highest BCUT2D eigenvalue weighted by Crippen LogP contribution is 2.45. The van der Waals surface area contributed by atoms with Crippen molar-refractivity contribution in [3.05, 3.63) is 36.5 Å². The minimum absolute atomic E-state index is 0.0987. The summed E-state index contributed by atoms with van der Waals surface area (Å²) in [6.45, 7) is 4.80. The lowest BCUT2D eigenvalue weighted by Gasteiger charge is -2.21. The second kappa shape index (κ2) is 66.9. The van der Waals surface area contributed by atoms with E-state index in [1.54, 1.807) is 0 Å². The van der Waals surface area contributed by atoms with Crippen LogP contribution >= 0.6 is 15.6 Å². The standard InChI is InChI=1S/C73H136O17P2/c1-5-9-13-17-21-25-29-32-33-36-39-42-46-50-54-58-71(76)84-63-68(89-72(77)59-55-51-47-43-37-28-24-20-16-12-8-4)65-87-91(79,80)85-61-67(74)62-86-92(81,82)88-66-69(90-73(78)60-56-52-48-44-40-35-31-27-23-19-15-11-7-3)64-83-70(75)57-53-49-45-41-38-34-30-26-22-18-14-10-6-2/h9,13,21,25,32-33,67-69,74H,5-8,10-12,14-20,22-24,26-31,34-66H2,1-4H3,(H,79,80)(H,81,82)/b13-9-,25-21-,33-32-. The summed E-state index contributed by atoms with van der Waals surface area (Å²) in [5, 5.41) is 10.6. The summed E-state index contributed by atoms with van der Waals surface area (Å²) in [6.07, 6.45) is 60.0. The number of aliphatic hydroxyl groups is 1. The number of carbonyl (C=O) groups excluding carboxylic acids is 4. The zero-order valence-electron chi connectivity index (χ0n) is 58.7. The van der Waals surface area contributed by atoms with Crippen LogP contribution in [0.5, 0.6) is 0 Å². The molecular weight excluding hydrogens is 1210 g/mol. The minimum Gasteiger partial charge on any atom is -0.462 e. The maximum Gasteiger partial charge on any atom is 0.472 e. The molecule has 92 heavy (non-hydrogen) atoms. The molecule has 0 heterocycles. The third-order valence-electron chi connectivity index (χ3n) is 16.1. The van der Waals surface area contributed by atoms with E-state index in [9.17, 15) is 43.2 Å². The van der Waals surface area contributed by atoms with Gasteiger partial charge in [-0.1, -0.05) is 302 Å². The monoisotopic (exact) mass is 1350 g/mol. The molecule has 0 aliphatic heterocycles. The van der Waals surface area contributed by atoms with Crippen molar-refractivity contribution in [2.45, 2.75) is 367 Å². The molecule has 0 aliphatic carbocycles. The maximum atomic E-state index is 13.0. The number of ether oxygens (including phenoxy) is 4. The van der Waals surface area contributed by atoms with E-state index in [0.717, 1.165) is 122 Å². The molecule has 0 spiro atoms. The molecule has 0 aromatic heterocycles. The first kappa shape index (κ1) is 89.3. The van der Waals surface area contributed by atoms with Crippen LogP contribution in [0.2, 0.25) is 0 Å². The van der Waals surface area contributed by atoms with Gasteiger partial charge in [-0.2, -0.15) is 0 Å². The SMILES string of the molecule is CC/C=C\C/C=C\C/C=C\CCCCCCCC(=O)OCC(COP(=O)(O)OCC(O)COP(=O)(O)OCC(COC(=O)CCCCCCCCCCCCCCC)OC(=O)CCCCCCCCCCCCCCC)OC(=O)CCCCCCCCCCCCC. The van der Waals surface area contributed by atoms with Crippen molar-refractivity contribution in [3.63, 3.8) is 0 Å². The number of phosphoric ester groups is 2. The Balaban J connectivity index is 5.28. The van der Waals surface area contributed by atoms with Gasteiger partial charge in [0.2, 0.25) is 0 Å². The molecular formula is C73H136O17P2. The normalized spacial score (nSPS) is 14.2. The van der Waals surface area contributed by atoms with E-state index in [4.69, 9.17) is 37.0 Å². The lowest BCUT2D eigenvalue weighted by molar-refractivity contribution is -0.161. The number of aliphatic hydroxyl groups excluding tert-OH is 1. The van der Waals surface area contributed by atoms with Gasteiger partial charge in [-0.25, -0.2) is 9.13 Å². The van der Waals surface area contributed by atoms with Crippen LogP contribution in [0, 0.1) is 0 Å². The lowest BCUT2D eigenvalue weighted by atomic mass is 10.0. The largest absolute Gasteiger partial charge is 0.472 e. The number of unbranched alkanes of at least 4 members (excludes halogenated alkanes) is 39. The summed E-state index contributed by atoms with van der Waals surface area (Å²) in [4.78, 5) is 72.6. The van der Waals surface area contributed by atoms with Crippen molar-refractivity contribution < 1.29 is 80.2 Å². The van der Waals surface area contributed by atoms with Gasteiger partial charge in [0, 0.05) is 25.7 Å². The van der Waals surface area contributed by atoms with Crippen LogP contribution in [0.4, 0.5) is 0 Å². The van der Waals surface area contributed by atoms with Gasteiger partial charge in [-0.05, 0) is 57.8 Å². The van der Waals surface area contributed by atoms with E-state index >= 15 is 0 Å². The number of esters is 4. The smallest absolute Gasteiger partial charge is 0.462 e. The Hall–Kier alpha value is -2.72. The molecule has 0 aromatic carbocycles. The summed E-state index contributed by atoms with van der Waals surface area (Å²) < 4.78 is 68.3. The third kappa shape index (κ3) is 65.9. The quantitative estimate of drug-likeness (QED) is 0.0169.